The van der Waals surface area contributed by atoms with Crippen molar-refractivity contribution < 1.29 is 0 Å². The van der Waals surface area contributed by atoms with E-state index in [-0.39, 0.29) is 10.8 Å². The lowest BCUT2D eigenvalue weighted by Gasteiger charge is -2.31. The van der Waals surface area contributed by atoms with Gasteiger partial charge in [0.2, 0.25) is 0 Å². The Morgan fingerprint density at radius 2 is 0.947 bits per heavy atom. The van der Waals surface area contributed by atoms with Gasteiger partial charge in [0.05, 0.1) is 22.4 Å². The summed E-state index contributed by atoms with van der Waals surface area (Å²) in [6.07, 6.45) is 0. The van der Waals surface area contributed by atoms with Gasteiger partial charge in [-0.1, -0.05) is 198 Å². The van der Waals surface area contributed by atoms with E-state index in [0.717, 1.165) is 11.4 Å². The van der Waals surface area contributed by atoms with Gasteiger partial charge in [0, 0.05) is 64.3 Å². The topological polar surface area (TPSA) is 8.17 Å². The molecule has 0 bridgehead atoms. The van der Waals surface area contributed by atoms with E-state index in [1.54, 1.807) is 0 Å². The van der Waals surface area contributed by atoms with Crippen molar-refractivity contribution in [1.29, 1.82) is 0 Å². The predicted octanol–water partition coefficient (Wildman–Crippen LogP) is 20.2. The van der Waals surface area contributed by atoms with Crippen molar-refractivity contribution in [3.63, 3.8) is 0 Å². The average Bonchev–Trinajstić information content (AvgIpc) is 4.18. The molecule has 13 aromatic rings. The summed E-state index contributed by atoms with van der Waals surface area (Å²) in [6.45, 7) is 9.55. The summed E-state index contributed by atoms with van der Waals surface area (Å²) in [5.41, 5.74) is 24.7. The van der Waals surface area contributed by atoms with Gasteiger partial charge in [0.25, 0.3) is 0 Å². The molecule has 0 atom stereocenters. The highest BCUT2D eigenvalue weighted by Crippen LogP contribution is 2.56. The first-order valence-corrected chi connectivity index (χ1v) is 27.1. The molecule has 3 heteroatoms. The van der Waals surface area contributed by atoms with Crippen molar-refractivity contribution in [3.8, 4) is 61.3 Å². The third-order valence-corrected chi connectivity index (χ3v) is 18.0. The van der Waals surface area contributed by atoms with Crippen LogP contribution in [0.25, 0.3) is 103 Å². The van der Waals surface area contributed by atoms with E-state index in [1.165, 1.54) is 131 Å². The Balaban J connectivity index is 0.865. The third-order valence-electron chi connectivity index (χ3n) is 16.8. The molecule has 75 heavy (non-hydrogen) atoms. The molecule has 0 saturated heterocycles. The van der Waals surface area contributed by atoms with Gasteiger partial charge in [-0.3, -0.25) is 0 Å². The van der Waals surface area contributed by atoms with Gasteiger partial charge in [-0.2, -0.15) is 0 Å². The molecule has 0 amide bonds. The number of rotatable bonds is 7. The predicted molar refractivity (Wildman–Crippen MR) is 320 cm³/mol. The number of hydrogen-bond acceptors (Lipinski definition) is 2. The summed E-state index contributed by atoms with van der Waals surface area (Å²) in [5.74, 6) is 0. The summed E-state index contributed by atoms with van der Waals surface area (Å²) in [4.78, 5) is 2.53. The van der Waals surface area contributed by atoms with Gasteiger partial charge >= 0.3 is 0 Å². The van der Waals surface area contributed by atoms with Crippen LogP contribution in [0.1, 0.15) is 49.9 Å². The van der Waals surface area contributed by atoms with Gasteiger partial charge in [0.1, 0.15) is 0 Å². The van der Waals surface area contributed by atoms with Crippen LogP contribution in [0.4, 0.5) is 17.1 Å². The van der Waals surface area contributed by atoms with E-state index in [1.807, 2.05) is 11.3 Å². The number of hydrogen-bond donors (Lipinski definition) is 0. The molecular formula is C72H52N2S. The van der Waals surface area contributed by atoms with Gasteiger partial charge in [0.15, 0.2) is 0 Å². The van der Waals surface area contributed by atoms with Crippen LogP contribution in [-0.2, 0) is 10.8 Å². The van der Waals surface area contributed by atoms with Crippen LogP contribution in [0.5, 0.6) is 0 Å². The molecule has 2 aliphatic carbocycles. The number of aromatic nitrogens is 1. The second-order valence-electron chi connectivity index (χ2n) is 21.6. The van der Waals surface area contributed by atoms with Crippen LogP contribution in [0.15, 0.2) is 243 Å². The van der Waals surface area contributed by atoms with Crippen LogP contribution >= 0.6 is 11.3 Å². The third kappa shape index (κ3) is 6.51. The highest BCUT2D eigenvalue weighted by molar-refractivity contribution is 7.25. The lowest BCUT2D eigenvalue weighted by atomic mass is 9.81. The zero-order valence-electron chi connectivity index (χ0n) is 42.4. The van der Waals surface area contributed by atoms with Gasteiger partial charge in [-0.25, -0.2) is 0 Å². The first kappa shape index (κ1) is 43.8. The van der Waals surface area contributed by atoms with Crippen LogP contribution < -0.4 is 4.90 Å². The van der Waals surface area contributed by atoms with Crippen LogP contribution in [0, 0.1) is 0 Å². The Bertz CT molecular complexity index is 4470. The van der Waals surface area contributed by atoms with E-state index in [4.69, 9.17) is 0 Å². The van der Waals surface area contributed by atoms with Crippen molar-refractivity contribution in [2.24, 2.45) is 0 Å². The molecule has 0 aliphatic heterocycles. The smallest absolute Gasteiger partial charge is 0.0547 e. The number of para-hydroxylation sites is 3. The minimum atomic E-state index is -0.204. The Labute approximate surface area is 442 Å². The zero-order chi connectivity index (χ0) is 50.2. The molecule has 0 radical (unpaired) electrons. The lowest BCUT2D eigenvalue weighted by Crippen LogP contribution is -2.16. The van der Waals surface area contributed by atoms with Crippen molar-refractivity contribution >= 4 is 70.4 Å². The molecule has 0 saturated carbocycles. The second kappa shape index (κ2) is 16.4. The fourth-order valence-corrected chi connectivity index (χ4v) is 14.3. The number of anilines is 3. The fourth-order valence-electron chi connectivity index (χ4n) is 13.2. The largest absolute Gasteiger partial charge is 0.309 e. The molecule has 356 valence electrons. The molecule has 0 unspecified atom stereocenters. The van der Waals surface area contributed by atoms with Crippen molar-refractivity contribution in [3.05, 3.63) is 265 Å². The van der Waals surface area contributed by atoms with Gasteiger partial charge < -0.3 is 9.47 Å². The summed E-state index contributed by atoms with van der Waals surface area (Å²) in [6, 6.07) is 90.8. The minimum Gasteiger partial charge on any atom is -0.309 e. The monoisotopic (exact) mass is 976 g/mol. The molecule has 0 spiro atoms. The molecule has 2 aliphatic rings. The van der Waals surface area contributed by atoms with E-state index in [9.17, 15) is 0 Å². The number of fused-ring (bicyclic) bond motifs is 12. The normalized spacial score (nSPS) is 13.8. The summed E-state index contributed by atoms with van der Waals surface area (Å²) in [7, 11) is 0. The zero-order valence-corrected chi connectivity index (χ0v) is 43.2. The van der Waals surface area contributed by atoms with Crippen molar-refractivity contribution in [2.75, 3.05) is 4.90 Å². The Morgan fingerprint density at radius 3 is 1.81 bits per heavy atom. The summed E-state index contributed by atoms with van der Waals surface area (Å²) < 4.78 is 5.06. The quantitative estimate of drug-likeness (QED) is 0.154. The highest BCUT2D eigenvalue weighted by atomic mass is 32.1. The Kier molecular flexibility index (Phi) is 9.56. The molecule has 11 aromatic carbocycles. The standard InChI is InChI=1S/C72H52N2S/c1-71(2)59-25-12-8-22-56(59)70-61(71)26-17-30-66(70)74(50-37-32-45(33-38-50)46-34-40-55-54-21-11-15-31-67(54)75-68(55)44-46)63-27-13-9-20-51(63)47-36-41-60-58(42-47)53-39-35-48(43-62(53)72(60,3)4)52-24-16-29-65-69(52)57-23-10-14-28-64(57)73(65)49-18-6-5-7-19-49/h5-44H,1-4H3. The molecule has 15 rings (SSSR count). The van der Waals surface area contributed by atoms with Crippen molar-refractivity contribution in [1.82, 2.24) is 4.57 Å². The molecule has 2 heterocycles. The maximum absolute atomic E-state index is 2.53. The fraction of sp³-hybridized carbons (Fsp3) is 0.0833. The summed E-state index contributed by atoms with van der Waals surface area (Å²) in [5, 5.41) is 5.20. The maximum atomic E-state index is 2.53. The Morgan fingerprint density at radius 1 is 0.347 bits per heavy atom. The summed E-state index contributed by atoms with van der Waals surface area (Å²) >= 11 is 1.87. The van der Waals surface area contributed by atoms with Crippen LogP contribution in [0.3, 0.4) is 0 Å². The van der Waals surface area contributed by atoms with Gasteiger partial charge in [-0.15, -0.1) is 11.3 Å². The molecule has 2 aromatic heterocycles. The second-order valence-corrected chi connectivity index (χ2v) is 22.7. The first-order chi connectivity index (χ1) is 36.7. The van der Waals surface area contributed by atoms with E-state index >= 15 is 0 Å². The molecule has 0 fully saturated rings. The van der Waals surface area contributed by atoms with Crippen molar-refractivity contribution in [2.45, 2.75) is 38.5 Å². The lowest BCUT2D eigenvalue weighted by molar-refractivity contribution is 0.660. The van der Waals surface area contributed by atoms with Crippen LogP contribution in [-0.4, -0.2) is 4.57 Å². The Hall–Kier alpha value is -8.76. The van der Waals surface area contributed by atoms with Crippen LogP contribution in [0.2, 0.25) is 0 Å². The first-order valence-electron chi connectivity index (χ1n) is 26.2. The molecule has 2 nitrogen and oxygen atoms in total. The number of thiophene rings is 1. The minimum absolute atomic E-state index is 0.143. The van der Waals surface area contributed by atoms with E-state index in [2.05, 4.69) is 280 Å². The number of benzene rings is 11. The SMILES string of the molecule is CC1(C)c2ccc(-c3ccccc3N(c3ccc(-c4ccc5c(c4)sc4ccccc45)cc3)c3cccc4c3-c3ccccc3C4(C)C)cc2-c2ccc(-c3cccc4c3c3ccccc3n4-c3ccccc3)cc21. The number of nitrogens with zero attached hydrogens (tertiary/aromatic N) is 2. The maximum Gasteiger partial charge on any atom is 0.0547 e. The molecular weight excluding hydrogens is 925 g/mol. The van der Waals surface area contributed by atoms with E-state index in [0.29, 0.717) is 0 Å². The van der Waals surface area contributed by atoms with E-state index < -0.39 is 0 Å². The average molecular weight is 977 g/mol. The molecule has 0 N–H and O–H groups in total. The highest BCUT2D eigenvalue weighted by Gasteiger charge is 2.39. The van der Waals surface area contributed by atoms with Gasteiger partial charge in [-0.05, 0) is 140 Å².